The molecular weight excluding hydrogens is 322 g/mol. The highest BCUT2D eigenvalue weighted by Gasteiger charge is 2.14. The fourth-order valence-electron chi connectivity index (χ4n) is 1.57. The molecule has 0 radical (unpaired) electrons. The monoisotopic (exact) mass is 341 g/mol. The fraction of sp³-hybridized carbons (Fsp3) is 0.429. The molecule has 1 aromatic carbocycles. The van der Waals surface area contributed by atoms with Gasteiger partial charge in [-0.25, -0.2) is 0 Å². The fourth-order valence-corrected chi connectivity index (χ4v) is 1.83. The standard InChI is InChI=1S/C14H20BrN3O2/c1-10(9-16)18(2)13(19)7-8-17-14(20)11-3-5-12(15)6-4-11/h3-6,10H,7-9,16H2,1-2H3,(H,17,20). The maximum Gasteiger partial charge on any atom is 0.251 e. The van der Waals surface area contributed by atoms with Crippen molar-refractivity contribution in [1.82, 2.24) is 10.2 Å². The number of nitrogens with one attached hydrogen (secondary N) is 1. The summed E-state index contributed by atoms with van der Waals surface area (Å²) in [5, 5.41) is 2.73. The molecule has 3 N–H and O–H groups in total. The number of carbonyl (C=O) groups excluding carboxylic acids is 2. The molecule has 1 unspecified atom stereocenters. The second kappa shape index (κ2) is 8.01. The van der Waals surface area contributed by atoms with E-state index in [9.17, 15) is 9.59 Å². The van der Waals surface area contributed by atoms with Crippen molar-refractivity contribution in [1.29, 1.82) is 0 Å². The molecule has 1 rings (SSSR count). The second-order valence-electron chi connectivity index (χ2n) is 4.60. The van der Waals surface area contributed by atoms with Crippen LogP contribution >= 0.6 is 15.9 Å². The van der Waals surface area contributed by atoms with E-state index in [4.69, 9.17) is 5.73 Å². The molecule has 2 amide bonds. The summed E-state index contributed by atoms with van der Waals surface area (Å²) in [7, 11) is 1.72. The Bertz CT molecular complexity index is 462. The molecule has 6 heteroatoms. The first-order chi connectivity index (χ1) is 9.45. The van der Waals surface area contributed by atoms with Crippen LogP contribution in [0.15, 0.2) is 28.7 Å². The van der Waals surface area contributed by atoms with Crippen LogP contribution in [0.4, 0.5) is 0 Å². The molecule has 0 aromatic heterocycles. The smallest absolute Gasteiger partial charge is 0.251 e. The van der Waals surface area contributed by atoms with Crippen molar-refractivity contribution in [2.24, 2.45) is 5.73 Å². The number of hydrogen-bond acceptors (Lipinski definition) is 3. The maximum absolute atomic E-state index is 11.8. The van der Waals surface area contributed by atoms with Crippen LogP contribution in [-0.2, 0) is 4.79 Å². The Hall–Kier alpha value is -1.40. The number of hydrogen-bond donors (Lipinski definition) is 2. The van der Waals surface area contributed by atoms with Crippen molar-refractivity contribution in [3.8, 4) is 0 Å². The van der Waals surface area contributed by atoms with Crippen LogP contribution in [0.1, 0.15) is 23.7 Å². The Balaban J connectivity index is 2.39. The van der Waals surface area contributed by atoms with Crippen LogP contribution in [-0.4, -0.2) is 42.9 Å². The lowest BCUT2D eigenvalue weighted by Crippen LogP contribution is -2.41. The predicted molar refractivity (Wildman–Crippen MR) is 82.4 cm³/mol. The van der Waals surface area contributed by atoms with Crippen molar-refractivity contribution in [2.45, 2.75) is 19.4 Å². The minimum Gasteiger partial charge on any atom is -0.352 e. The Morgan fingerprint density at radius 3 is 2.50 bits per heavy atom. The topological polar surface area (TPSA) is 75.4 Å². The highest BCUT2D eigenvalue weighted by Crippen LogP contribution is 2.10. The number of benzene rings is 1. The third-order valence-corrected chi connectivity index (χ3v) is 3.66. The number of rotatable bonds is 6. The lowest BCUT2D eigenvalue weighted by atomic mass is 10.2. The molecule has 0 aliphatic heterocycles. The molecule has 0 spiro atoms. The van der Waals surface area contributed by atoms with Crippen LogP contribution in [0.5, 0.6) is 0 Å². The Labute approximate surface area is 127 Å². The lowest BCUT2D eigenvalue weighted by Gasteiger charge is -2.23. The van der Waals surface area contributed by atoms with Gasteiger partial charge in [0.15, 0.2) is 0 Å². The van der Waals surface area contributed by atoms with Crippen molar-refractivity contribution < 1.29 is 9.59 Å². The highest BCUT2D eigenvalue weighted by atomic mass is 79.9. The van der Waals surface area contributed by atoms with Gasteiger partial charge in [0.25, 0.3) is 5.91 Å². The van der Waals surface area contributed by atoms with Crippen LogP contribution < -0.4 is 11.1 Å². The molecule has 1 aromatic rings. The first-order valence-corrected chi connectivity index (χ1v) is 7.24. The largest absolute Gasteiger partial charge is 0.352 e. The lowest BCUT2D eigenvalue weighted by molar-refractivity contribution is -0.131. The zero-order valence-electron chi connectivity index (χ0n) is 11.7. The highest BCUT2D eigenvalue weighted by molar-refractivity contribution is 9.10. The zero-order chi connectivity index (χ0) is 15.1. The minimum absolute atomic E-state index is 0.00433. The molecule has 0 saturated heterocycles. The Morgan fingerprint density at radius 1 is 1.35 bits per heavy atom. The summed E-state index contributed by atoms with van der Waals surface area (Å²) >= 11 is 3.31. The molecule has 0 saturated carbocycles. The number of halogens is 1. The molecule has 20 heavy (non-hydrogen) atoms. The number of carbonyl (C=O) groups is 2. The number of amides is 2. The number of nitrogens with zero attached hydrogens (tertiary/aromatic N) is 1. The summed E-state index contributed by atoms with van der Waals surface area (Å²) in [6.45, 7) is 2.63. The van der Waals surface area contributed by atoms with Gasteiger partial charge >= 0.3 is 0 Å². The molecule has 0 heterocycles. The van der Waals surface area contributed by atoms with Gasteiger partial charge in [0.1, 0.15) is 0 Å². The minimum atomic E-state index is -0.181. The van der Waals surface area contributed by atoms with Crippen molar-refractivity contribution in [3.63, 3.8) is 0 Å². The van der Waals surface area contributed by atoms with Gasteiger partial charge in [-0.2, -0.15) is 0 Å². The van der Waals surface area contributed by atoms with Crippen molar-refractivity contribution in [2.75, 3.05) is 20.1 Å². The average Bonchev–Trinajstić information content (AvgIpc) is 2.45. The molecular formula is C14H20BrN3O2. The first-order valence-electron chi connectivity index (χ1n) is 6.45. The molecule has 0 aliphatic carbocycles. The molecule has 0 fully saturated rings. The Morgan fingerprint density at radius 2 is 1.95 bits per heavy atom. The van der Waals surface area contributed by atoms with E-state index in [2.05, 4.69) is 21.2 Å². The second-order valence-corrected chi connectivity index (χ2v) is 5.52. The summed E-state index contributed by atoms with van der Waals surface area (Å²) < 4.78 is 0.918. The van der Waals surface area contributed by atoms with Crippen LogP contribution in [0.25, 0.3) is 0 Å². The first kappa shape index (κ1) is 16.7. The SMILES string of the molecule is CC(CN)N(C)C(=O)CCNC(=O)c1ccc(Br)cc1. The molecule has 5 nitrogen and oxygen atoms in total. The third kappa shape index (κ3) is 4.94. The van der Waals surface area contributed by atoms with Gasteiger partial charge in [-0.3, -0.25) is 9.59 Å². The quantitative estimate of drug-likeness (QED) is 0.820. The van der Waals surface area contributed by atoms with Crippen LogP contribution in [0.2, 0.25) is 0 Å². The molecule has 110 valence electrons. The van der Waals surface area contributed by atoms with E-state index in [1.54, 1.807) is 36.2 Å². The van der Waals surface area contributed by atoms with Gasteiger partial charge in [-0.1, -0.05) is 15.9 Å². The third-order valence-electron chi connectivity index (χ3n) is 3.13. The van der Waals surface area contributed by atoms with E-state index in [-0.39, 0.29) is 24.3 Å². The zero-order valence-corrected chi connectivity index (χ0v) is 13.3. The van der Waals surface area contributed by atoms with E-state index in [0.717, 1.165) is 4.47 Å². The van der Waals surface area contributed by atoms with Crippen LogP contribution in [0.3, 0.4) is 0 Å². The maximum atomic E-state index is 11.8. The van der Waals surface area contributed by atoms with Gasteiger partial charge < -0.3 is 16.0 Å². The summed E-state index contributed by atoms with van der Waals surface area (Å²) in [5.74, 6) is -0.209. The van der Waals surface area contributed by atoms with Gasteiger partial charge in [0.2, 0.25) is 5.91 Å². The molecule has 0 bridgehead atoms. The summed E-state index contributed by atoms with van der Waals surface area (Å²) in [5.41, 5.74) is 6.08. The molecule has 0 aliphatic rings. The van der Waals surface area contributed by atoms with Crippen molar-refractivity contribution >= 4 is 27.7 Å². The number of likely N-dealkylation sites (N-methyl/N-ethyl adjacent to an activating group) is 1. The van der Waals surface area contributed by atoms with E-state index >= 15 is 0 Å². The van der Waals surface area contributed by atoms with Crippen molar-refractivity contribution in [3.05, 3.63) is 34.3 Å². The normalized spacial score (nSPS) is 11.8. The number of nitrogens with two attached hydrogens (primary N) is 1. The van der Waals surface area contributed by atoms with E-state index in [1.807, 2.05) is 6.92 Å². The summed E-state index contributed by atoms with van der Waals surface area (Å²) in [4.78, 5) is 25.2. The van der Waals surface area contributed by atoms with E-state index in [1.165, 1.54) is 0 Å². The van der Waals surface area contributed by atoms with Gasteiger partial charge in [0.05, 0.1) is 0 Å². The van der Waals surface area contributed by atoms with Gasteiger partial charge in [-0.05, 0) is 31.2 Å². The van der Waals surface area contributed by atoms with E-state index in [0.29, 0.717) is 18.7 Å². The predicted octanol–water partition coefficient (Wildman–Crippen LogP) is 1.37. The van der Waals surface area contributed by atoms with Gasteiger partial charge in [-0.15, -0.1) is 0 Å². The molecule has 1 atom stereocenters. The summed E-state index contributed by atoms with van der Waals surface area (Å²) in [6, 6.07) is 7.06. The van der Waals surface area contributed by atoms with E-state index < -0.39 is 0 Å². The summed E-state index contributed by atoms with van der Waals surface area (Å²) in [6.07, 6.45) is 0.267. The van der Waals surface area contributed by atoms with Crippen LogP contribution in [0, 0.1) is 0 Å². The Kier molecular flexibility index (Phi) is 6.67. The average molecular weight is 342 g/mol. The van der Waals surface area contributed by atoms with Gasteiger partial charge in [0, 0.05) is 42.6 Å².